The van der Waals surface area contributed by atoms with Crippen LogP contribution in [0.25, 0.3) is 10.2 Å². The fourth-order valence-electron chi connectivity index (χ4n) is 3.45. The maximum atomic E-state index is 12.8. The SMILES string of the molecule is C[C@]1(C(=O)NCc2nc3ccccc3s2)CCc2ccccc2C1. The molecule has 0 bridgehead atoms. The number of aromatic nitrogens is 1. The number of fused-ring (bicyclic) bond motifs is 2. The summed E-state index contributed by atoms with van der Waals surface area (Å²) < 4.78 is 1.17. The van der Waals surface area contributed by atoms with Crippen LogP contribution in [0, 0.1) is 5.41 Å². The highest BCUT2D eigenvalue weighted by molar-refractivity contribution is 7.18. The van der Waals surface area contributed by atoms with Crippen LogP contribution in [-0.2, 0) is 24.2 Å². The molecule has 0 radical (unpaired) electrons. The maximum absolute atomic E-state index is 12.8. The molecule has 1 heterocycles. The second kappa shape index (κ2) is 6.02. The monoisotopic (exact) mass is 336 g/mol. The molecule has 0 spiro atoms. The van der Waals surface area contributed by atoms with E-state index >= 15 is 0 Å². The molecule has 0 saturated carbocycles. The van der Waals surface area contributed by atoms with Crippen LogP contribution in [0.2, 0.25) is 0 Å². The number of hydrogen-bond acceptors (Lipinski definition) is 3. The van der Waals surface area contributed by atoms with Crippen molar-refractivity contribution in [2.75, 3.05) is 0 Å². The van der Waals surface area contributed by atoms with E-state index in [0.717, 1.165) is 29.8 Å². The highest BCUT2D eigenvalue weighted by Crippen LogP contribution is 2.35. The lowest BCUT2D eigenvalue weighted by atomic mass is 9.72. The minimum Gasteiger partial charge on any atom is -0.349 e. The van der Waals surface area contributed by atoms with Gasteiger partial charge in [-0.05, 0) is 42.5 Å². The summed E-state index contributed by atoms with van der Waals surface area (Å²) in [4.78, 5) is 17.4. The zero-order valence-corrected chi connectivity index (χ0v) is 14.5. The van der Waals surface area contributed by atoms with Gasteiger partial charge >= 0.3 is 0 Å². The standard InChI is InChI=1S/C20H20N2OS/c1-20(11-10-14-6-2-3-7-15(14)12-20)19(23)21-13-18-22-16-8-4-5-9-17(16)24-18/h2-9H,10-13H2,1H3,(H,21,23)/t20-/m0/s1. The highest BCUT2D eigenvalue weighted by atomic mass is 32.1. The number of amides is 1. The van der Waals surface area contributed by atoms with Crippen molar-refractivity contribution in [1.82, 2.24) is 10.3 Å². The van der Waals surface area contributed by atoms with Gasteiger partial charge in [0.15, 0.2) is 0 Å². The van der Waals surface area contributed by atoms with Crippen molar-refractivity contribution in [2.45, 2.75) is 32.7 Å². The summed E-state index contributed by atoms with van der Waals surface area (Å²) >= 11 is 1.65. The van der Waals surface area contributed by atoms with E-state index in [9.17, 15) is 4.79 Å². The Labute approximate surface area is 145 Å². The third-order valence-electron chi connectivity index (χ3n) is 4.93. The van der Waals surface area contributed by atoms with Crippen molar-refractivity contribution in [2.24, 2.45) is 5.41 Å². The lowest BCUT2D eigenvalue weighted by Crippen LogP contribution is -2.42. The molecule has 0 fully saturated rings. The lowest BCUT2D eigenvalue weighted by Gasteiger charge is -2.33. The molecule has 4 rings (SSSR count). The Morgan fingerprint density at radius 2 is 1.92 bits per heavy atom. The van der Waals surface area contributed by atoms with Gasteiger partial charge in [-0.1, -0.05) is 43.3 Å². The molecule has 1 aliphatic rings. The minimum absolute atomic E-state index is 0.135. The van der Waals surface area contributed by atoms with Crippen LogP contribution in [-0.4, -0.2) is 10.9 Å². The number of carbonyl (C=O) groups excluding carboxylic acids is 1. The first-order valence-corrected chi connectivity index (χ1v) is 9.15. The van der Waals surface area contributed by atoms with E-state index in [2.05, 4.69) is 47.6 Å². The second-order valence-electron chi connectivity index (χ2n) is 6.76. The summed E-state index contributed by atoms with van der Waals surface area (Å²) in [6.45, 7) is 2.59. The first kappa shape index (κ1) is 15.3. The number of rotatable bonds is 3. The molecule has 3 nitrogen and oxygen atoms in total. The van der Waals surface area contributed by atoms with Crippen molar-refractivity contribution in [3.63, 3.8) is 0 Å². The Hall–Kier alpha value is -2.20. The molecule has 0 aliphatic heterocycles. The first-order valence-electron chi connectivity index (χ1n) is 8.34. The summed E-state index contributed by atoms with van der Waals surface area (Å²) in [6.07, 6.45) is 2.69. The third-order valence-corrected chi connectivity index (χ3v) is 5.97. The van der Waals surface area contributed by atoms with E-state index in [1.165, 1.54) is 15.8 Å². The van der Waals surface area contributed by atoms with Crippen LogP contribution in [0.1, 0.15) is 29.5 Å². The quantitative estimate of drug-likeness (QED) is 0.782. The van der Waals surface area contributed by atoms with Crippen molar-refractivity contribution >= 4 is 27.5 Å². The summed E-state index contributed by atoms with van der Waals surface area (Å²) in [5, 5.41) is 4.07. The Bertz CT molecular complexity index is 868. The fraction of sp³-hybridized carbons (Fsp3) is 0.300. The van der Waals surface area contributed by atoms with Crippen LogP contribution < -0.4 is 5.32 Å². The van der Waals surface area contributed by atoms with Crippen LogP contribution in [0.3, 0.4) is 0 Å². The predicted molar refractivity (Wildman–Crippen MR) is 98.0 cm³/mol. The molecular weight excluding hydrogens is 316 g/mol. The highest BCUT2D eigenvalue weighted by Gasteiger charge is 2.36. The smallest absolute Gasteiger partial charge is 0.226 e. The van der Waals surface area contributed by atoms with Gasteiger partial charge in [-0.15, -0.1) is 11.3 Å². The molecule has 3 aromatic rings. The van der Waals surface area contributed by atoms with Gasteiger partial charge in [-0.3, -0.25) is 4.79 Å². The number of nitrogens with one attached hydrogen (secondary N) is 1. The molecule has 1 aliphatic carbocycles. The maximum Gasteiger partial charge on any atom is 0.226 e. The molecule has 1 amide bonds. The van der Waals surface area contributed by atoms with E-state index in [0.29, 0.717) is 6.54 Å². The first-order chi connectivity index (χ1) is 11.6. The van der Waals surface area contributed by atoms with Gasteiger partial charge in [0.1, 0.15) is 5.01 Å². The molecule has 122 valence electrons. The van der Waals surface area contributed by atoms with Crippen molar-refractivity contribution in [3.05, 3.63) is 64.7 Å². The topological polar surface area (TPSA) is 42.0 Å². The Kier molecular flexibility index (Phi) is 3.85. The van der Waals surface area contributed by atoms with Crippen molar-refractivity contribution < 1.29 is 4.79 Å². The zero-order chi connectivity index (χ0) is 16.6. The number of carbonyl (C=O) groups is 1. The Morgan fingerprint density at radius 1 is 1.17 bits per heavy atom. The molecule has 1 N–H and O–H groups in total. The number of thiazole rings is 1. The molecule has 24 heavy (non-hydrogen) atoms. The van der Waals surface area contributed by atoms with Gasteiger partial charge in [0, 0.05) is 0 Å². The number of nitrogens with zero attached hydrogens (tertiary/aromatic N) is 1. The van der Waals surface area contributed by atoms with Crippen LogP contribution in [0.5, 0.6) is 0 Å². The van der Waals surface area contributed by atoms with Gasteiger partial charge in [0.05, 0.1) is 22.2 Å². The predicted octanol–water partition coefficient (Wildman–Crippen LogP) is 4.11. The third kappa shape index (κ3) is 2.82. The Balaban J connectivity index is 1.46. The molecular formula is C20H20N2OS. The van der Waals surface area contributed by atoms with Gasteiger partial charge < -0.3 is 5.32 Å². The largest absolute Gasteiger partial charge is 0.349 e. The number of hydrogen-bond donors (Lipinski definition) is 1. The minimum atomic E-state index is -0.328. The van der Waals surface area contributed by atoms with E-state index in [4.69, 9.17) is 0 Å². The Morgan fingerprint density at radius 3 is 2.75 bits per heavy atom. The molecule has 1 aromatic heterocycles. The van der Waals surface area contributed by atoms with Gasteiger partial charge in [-0.2, -0.15) is 0 Å². The van der Waals surface area contributed by atoms with Crippen LogP contribution in [0.15, 0.2) is 48.5 Å². The molecule has 0 saturated heterocycles. The van der Waals surface area contributed by atoms with Crippen LogP contribution in [0.4, 0.5) is 0 Å². The lowest BCUT2D eigenvalue weighted by molar-refractivity contribution is -0.131. The molecule has 2 aromatic carbocycles. The summed E-state index contributed by atoms with van der Waals surface area (Å²) in [5.41, 5.74) is 3.37. The van der Waals surface area contributed by atoms with E-state index in [1.54, 1.807) is 11.3 Å². The zero-order valence-electron chi connectivity index (χ0n) is 13.7. The number of para-hydroxylation sites is 1. The summed E-state index contributed by atoms with van der Waals surface area (Å²) in [6, 6.07) is 16.5. The van der Waals surface area contributed by atoms with Gasteiger partial charge in [0.2, 0.25) is 5.91 Å². The molecule has 1 atom stereocenters. The van der Waals surface area contributed by atoms with Crippen LogP contribution >= 0.6 is 11.3 Å². The normalized spacial score (nSPS) is 19.9. The molecule has 0 unspecified atom stereocenters. The number of aryl methyl sites for hydroxylation is 1. The van der Waals surface area contributed by atoms with Gasteiger partial charge in [0.25, 0.3) is 0 Å². The van der Waals surface area contributed by atoms with E-state index in [1.807, 2.05) is 18.2 Å². The van der Waals surface area contributed by atoms with E-state index < -0.39 is 0 Å². The van der Waals surface area contributed by atoms with Crippen molar-refractivity contribution in [1.29, 1.82) is 0 Å². The van der Waals surface area contributed by atoms with Gasteiger partial charge in [-0.25, -0.2) is 4.98 Å². The van der Waals surface area contributed by atoms with Crippen molar-refractivity contribution in [3.8, 4) is 0 Å². The number of benzene rings is 2. The average Bonchev–Trinajstić information content (AvgIpc) is 3.02. The fourth-order valence-corrected chi connectivity index (χ4v) is 4.36. The average molecular weight is 336 g/mol. The summed E-state index contributed by atoms with van der Waals surface area (Å²) in [5.74, 6) is 0.135. The summed E-state index contributed by atoms with van der Waals surface area (Å²) in [7, 11) is 0. The molecule has 4 heteroatoms. The second-order valence-corrected chi connectivity index (χ2v) is 7.88. The van der Waals surface area contributed by atoms with E-state index in [-0.39, 0.29) is 11.3 Å².